The van der Waals surface area contributed by atoms with Crippen LogP contribution in [0, 0.1) is 5.92 Å². The molecule has 0 radical (unpaired) electrons. The number of hydrogen-bond acceptors (Lipinski definition) is 3. The Morgan fingerprint density at radius 1 is 1.47 bits per heavy atom. The van der Waals surface area contributed by atoms with Crippen molar-refractivity contribution >= 4 is 10.0 Å². The summed E-state index contributed by atoms with van der Waals surface area (Å²) in [4.78, 5) is 3.78. The van der Waals surface area contributed by atoms with Gasteiger partial charge >= 0.3 is 0 Å². The molecule has 0 spiro atoms. The van der Waals surface area contributed by atoms with Gasteiger partial charge in [0.15, 0.2) is 5.03 Å². The van der Waals surface area contributed by atoms with Crippen LogP contribution in [0.25, 0.3) is 0 Å². The van der Waals surface area contributed by atoms with Crippen molar-refractivity contribution in [3.05, 3.63) is 12.5 Å². The smallest absolute Gasteiger partial charge is 0.257 e. The zero-order valence-electron chi connectivity index (χ0n) is 8.46. The molecule has 1 aromatic heterocycles. The minimum Gasteiger partial charge on any atom is -0.336 e. The van der Waals surface area contributed by atoms with Crippen molar-refractivity contribution in [1.82, 2.24) is 9.55 Å². The summed E-state index contributed by atoms with van der Waals surface area (Å²) in [6, 6.07) is 0. The lowest BCUT2D eigenvalue weighted by Crippen LogP contribution is -2.12. The zero-order valence-corrected chi connectivity index (χ0v) is 9.28. The van der Waals surface area contributed by atoms with E-state index in [0.717, 1.165) is 6.54 Å². The van der Waals surface area contributed by atoms with Crippen LogP contribution in [0.5, 0.6) is 0 Å². The van der Waals surface area contributed by atoms with Gasteiger partial charge in [0.25, 0.3) is 10.0 Å². The average molecular weight is 229 g/mol. The number of aromatic nitrogens is 2. The van der Waals surface area contributed by atoms with Crippen molar-refractivity contribution in [3.8, 4) is 0 Å². The quantitative estimate of drug-likeness (QED) is 0.829. The summed E-state index contributed by atoms with van der Waals surface area (Å²) >= 11 is 0. The first-order chi connectivity index (χ1) is 7.05. The molecule has 15 heavy (non-hydrogen) atoms. The van der Waals surface area contributed by atoms with Gasteiger partial charge in [-0.2, -0.15) is 0 Å². The fourth-order valence-corrected chi connectivity index (χ4v) is 2.55. The number of nitrogens with two attached hydrogens (primary N) is 1. The second-order valence-corrected chi connectivity index (χ2v) is 5.61. The maximum absolute atomic E-state index is 11.0. The second kappa shape index (κ2) is 3.94. The first-order valence-electron chi connectivity index (χ1n) is 5.10. The predicted molar refractivity (Wildman–Crippen MR) is 55.6 cm³/mol. The third kappa shape index (κ3) is 2.57. The van der Waals surface area contributed by atoms with Crippen molar-refractivity contribution < 1.29 is 8.42 Å². The molecule has 0 aromatic carbocycles. The Labute approximate surface area is 89.4 Å². The molecule has 1 saturated carbocycles. The summed E-state index contributed by atoms with van der Waals surface area (Å²) in [5.41, 5.74) is 0. The molecule has 1 heterocycles. The number of imidazole rings is 1. The summed E-state index contributed by atoms with van der Waals surface area (Å²) < 4.78 is 23.8. The third-order valence-corrected chi connectivity index (χ3v) is 3.64. The molecule has 0 amide bonds. The standard InChI is InChI=1S/C9H15N3O2S/c10-15(13,14)9-6-12(7-11-9)5-8-3-1-2-4-8/h6-8H,1-5H2,(H2,10,13,14). The molecule has 84 valence electrons. The Balaban J connectivity index is 2.07. The zero-order chi connectivity index (χ0) is 10.9. The van der Waals surface area contributed by atoms with Crippen molar-refractivity contribution in [3.63, 3.8) is 0 Å². The molecule has 1 fully saturated rings. The van der Waals surface area contributed by atoms with Crippen LogP contribution in [-0.4, -0.2) is 18.0 Å². The molecule has 1 aliphatic carbocycles. The van der Waals surface area contributed by atoms with E-state index in [0.29, 0.717) is 5.92 Å². The van der Waals surface area contributed by atoms with Gasteiger partial charge in [0.1, 0.15) is 0 Å². The van der Waals surface area contributed by atoms with E-state index in [-0.39, 0.29) is 5.03 Å². The number of hydrogen-bond donors (Lipinski definition) is 1. The highest BCUT2D eigenvalue weighted by molar-refractivity contribution is 7.89. The minimum absolute atomic E-state index is 0.0412. The highest BCUT2D eigenvalue weighted by Crippen LogP contribution is 2.26. The molecule has 5 nitrogen and oxygen atoms in total. The summed E-state index contributed by atoms with van der Waals surface area (Å²) in [6.45, 7) is 0.850. The summed E-state index contributed by atoms with van der Waals surface area (Å²) in [5.74, 6) is 0.660. The number of nitrogens with zero attached hydrogens (tertiary/aromatic N) is 2. The summed E-state index contributed by atoms with van der Waals surface area (Å²) in [5, 5.41) is 4.93. The van der Waals surface area contributed by atoms with E-state index in [9.17, 15) is 8.42 Å². The average Bonchev–Trinajstić information content (AvgIpc) is 2.73. The van der Waals surface area contributed by atoms with Crippen LogP contribution in [0.4, 0.5) is 0 Å². The van der Waals surface area contributed by atoms with Crippen LogP contribution < -0.4 is 5.14 Å². The molecule has 0 unspecified atom stereocenters. The molecular formula is C9H15N3O2S. The number of sulfonamides is 1. The highest BCUT2D eigenvalue weighted by atomic mass is 32.2. The lowest BCUT2D eigenvalue weighted by molar-refractivity contribution is 0.456. The Morgan fingerprint density at radius 3 is 2.67 bits per heavy atom. The van der Waals surface area contributed by atoms with Gasteiger partial charge in [0.2, 0.25) is 0 Å². The molecule has 1 aromatic rings. The lowest BCUT2D eigenvalue weighted by atomic mass is 10.1. The molecule has 0 saturated heterocycles. The van der Waals surface area contributed by atoms with E-state index in [4.69, 9.17) is 5.14 Å². The van der Waals surface area contributed by atoms with E-state index >= 15 is 0 Å². The molecular weight excluding hydrogens is 214 g/mol. The van der Waals surface area contributed by atoms with Gasteiger partial charge in [-0.25, -0.2) is 18.5 Å². The molecule has 2 N–H and O–H groups in total. The molecule has 6 heteroatoms. The van der Waals surface area contributed by atoms with Crippen molar-refractivity contribution in [1.29, 1.82) is 0 Å². The predicted octanol–water partition coefficient (Wildman–Crippen LogP) is 0.721. The van der Waals surface area contributed by atoms with Gasteiger partial charge in [-0.05, 0) is 18.8 Å². The number of primary sulfonamides is 1. The van der Waals surface area contributed by atoms with Gasteiger partial charge in [-0.15, -0.1) is 0 Å². The Kier molecular flexibility index (Phi) is 2.79. The van der Waals surface area contributed by atoms with Crippen molar-refractivity contribution in [2.45, 2.75) is 37.3 Å². The molecule has 1 aliphatic rings. The van der Waals surface area contributed by atoms with Crippen LogP contribution in [0.2, 0.25) is 0 Å². The number of rotatable bonds is 3. The van der Waals surface area contributed by atoms with Crippen molar-refractivity contribution in [2.75, 3.05) is 0 Å². The molecule has 0 aliphatic heterocycles. The highest BCUT2D eigenvalue weighted by Gasteiger charge is 2.17. The maximum atomic E-state index is 11.0. The van der Waals surface area contributed by atoms with Crippen LogP contribution in [-0.2, 0) is 16.6 Å². The normalized spacial score (nSPS) is 18.5. The third-order valence-electron chi connectivity index (χ3n) is 2.84. The van der Waals surface area contributed by atoms with E-state index in [2.05, 4.69) is 4.98 Å². The van der Waals surface area contributed by atoms with Gasteiger partial charge in [0, 0.05) is 12.7 Å². The van der Waals surface area contributed by atoms with Crippen LogP contribution in [0.1, 0.15) is 25.7 Å². The maximum Gasteiger partial charge on any atom is 0.257 e. The van der Waals surface area contributed by atoms with Crippen LogP contribution in [0.15, 0.2) is 17.6 Å². The van der Waals surface area contributed by atoms with Gasteiger partial charge < -0.3 is 4.57 Å². The molecule has 0 atom stereocenters. The fraction of sp³-hybridized carbons (Fsp3) is 0.667. The largest absolute Gasteiger partial charge is 0.336 e. The van der Waals surface area contributed by atoms with E-state index in [1.54, 1.807) is 0 Å². The Bertz CT molecular complexity index is 432. The van der Waals surface area contributed by atoms with Gasteiger partial charge in [-0.1, -0.05) is 12.8 Å². The fourth-order valence-electron chi connectivity index (χ4n) is 2.08. The van der Waals surface area contributed by atoms with Crippen LogP contribution >= 0.6 is 0 Å². The van der Waals surface area contributed by atoms with Gasteiger partial charge in [0.05, 0.1) is 6.33 Å². The molecule has 0 bridgehead atoms. The van der Waals surface area contributed by atoms with Crippen LogP contribution in [0.3, 0.4) is 0 Å². The summed E-state index contributed by atoms with van der Waals surface area (Å²) in [6.07, 6.45) is 8.06. The first-order valence-corrected chi connectivity index (χ1v) is 6.65. The Morgan fingerprint density at radius 2 is 2.13 bits per heavy atom. The van der Waals surface area contributed by atoms with E-state index in [1.807, 2.05) is 4.57 Å². The Hall–Kier alpha value is -0.880. The minimum atomic E-state index is -3.65. The summed E-state index contributed by atoms with van der Waals surface area (Å²) in [7, 11) is -3.65. The monoisotopic (exact) mass is 229 g/mol. The molecule has 2 rings (SSSR count). The van der Waals surface area contributed by atoms with E-state index < -0.39 is 10.0 Å². The van der Waals surface area contributed by atoms with Gasteiger partial charge in [-0.3, -0.25) is 0 Å². The SMILES string of the molecule is NS(=O)(=O)c1cn(CC2CCCC2)cn1. The van der Waals surface area contributed by atoms with Crippen molar-refractivity contribution in [2.24, 2.45) is 11.1 Å². The van der Waals surface area contributed by atoms with E-state index in [1.165, 1.54) is 38.2 Å². The first kappa shape index (κ1) is 10.6. The lowest BCUT2D eigenvalue weighted by Gasteiger charge is -2.08. The topological polar surface area (TPSA) is 78.0 Å². The second-order valence-electron chi connectivity index (χ2n) is 4.10.